The van der Waals surface area contributed by atoms with Gasteiger partial charge in [-0.2, -0.15) is 0 Å². The second-order valence-corrected chi connectivity index (χ2v) is 3.77. The fourth-order valence-electron chi connectivity index (χ4n) is 0.946. The van der Waals surface area contributed by atoms with Gasteiger partial charge in [0.15, 0.2) is 5.78 Å². The van der Waals surface area contributed by atoms with Crippen molar-refractivity contribution in [3.63, 3.8) is 0 Å². The molecule has 12 heavy (non-hydrogen) atoms. The van der Waals surface area contributed by atoms with Gasteiger partial charge >= 0.3 is 0 Å². The van der Waals surface area contributed by atoms with E-state index in [4.69, 9.17) is 5.73 Å². The van der Waals surface area contributed by atoms with E-state index >= 15 is 0 Å². The Kier molecular flexibility index (Phi) is 3.22. The molecule has 0 fully saturated rings. The van der Waals surface area contributed by atoms with E-state index in [0.717, 1.165) is 9.13 Å². The van der Waals surface area contributed by atoms with Crippen LogP contribution in [0.1, 0.15) is 18.5 Å². The molecule has 3 heteroatoms. The Hall–Kier alpha value is -0.420. The van der Waals surface area contributed by atoms with Crippen molar-refractivity contribution in [1.82, 2.24) is 0 Å². The van der Waals surface area contributed by atoms with Crippen LogP contribution >= 0.6 is 22.6 Å². The molecule has 0 aliphatic heterocycles. The molecule has 0 heterocycles. The molecule has 1 aromatic carbocycles. The maximum absolute atomic E-state index is 11.0. The minimum Gasteiger partial charge on any atom is -0.318 e. The smallest absolute Gasteiger partial charge is 0.151 e. The van der Waals surface area contributed by atoms with Gasteiger partial charge in [-0.15, -0.1) is 0 Å². The molecule has 0 bridgehead atoms. The molecule has 2 nitrogen and oxygen atoms in total. The third-order valence-corrected chi connectivity index (χ3v) is 2.66. The van der Waals surface area contributed by atoms with Gasteiger partial charge in [0.05, 0.1) is 6.04 Å². The van der Waals surface area contributed by atoms with Gasteiger partial charge < -0.3 is 5.73 Å². The first-order valence-corrected chi connectivity index (χ1v) is 4.71. The number of benzene rings is 1. The summed E-state index contributed by atoms with van der Waals surface area (Å²) in [6.07, 6.45) is 0. The zero-order valence-corrected chi connectivity index (χ0v) is 8.91. The Morgan fingerprint density at radius 3 is 2.58 bits per heavy atom. The van der Waals surface area contributed by atoms with Crippen LogP contribution in [0.4, 0.5) is 0 Å². The first-order valence-electron chi connectivity index (χ1n) is 3.63. The lowest BCUT2D eigenvalue weighted by Crippen LogP contribution is -2.19. The third-order valence-electron chi connectivity index (χ3n) is 1.68. The molecule has 64 valence electrons. The van der Waals surface area contributed by atoms with Crippen LogP contribution in [0.15, 0.2) is 24.3 Å². The van der Waals surface area contributed by atoms with Crippen molar-refractivity contribution < 1.29 is 4.79 Å². The van der Waals surface area contributed by atoms with Gasteiger partial charge in [-0.25, -0.2) is 0 Å². The van der Waals surface area contributed by atoms with Crippen LogP contribution in [-0.4, -0.2) is 5.78 Å². The van der Waals surface area contributed by atoms with Gasteiger partial charge in [-0.05, 0) is 41.1 Å². The monoisotopic (exact) mass is 275 g/mol. The van der Waals surface area contributed by atoms with E-state index in [0.29, 0.717) is 0 Å². The average molecular weight is 275 g/mol. The summed E-state index contributed by atoms with van der Waals surface area (Å²) in [4.78, 5) is 11.0. The lowest BCUT2D eigenvalue weighted by Gasteiger charge is -2.09. The van der Waals surface area contributed by atoms with Gasteiger partial charge in [-0.3, -0.25) is 4.79 Å². The fraction of sp³-hybridized carbons (Fsp3) is 0.222. The van der Waals surface area contributed by atoms with Crippen molar-refractivity contribution in [1.29, 1.82) is 0 Å². The van der Waals surface area contributed by atoms with E-state index in [1.807, 2.05) is 24.3 Å². The summed E-state index contributed by atoms with van der Waals surface area (Å²) in [7, 11) is 0. The van der Waals surface area contributed by atoms with Crippen LogP contribution in [0.25, 0.3) is 0 Å². The third kappa shape index (κ3) is 2.04. The molecule has 0 saturated heterocycles. The molecule has 1 rings (SSSR count). The standard InChI is InChI=1S/C9H10INO/c1-6(12)9(11)7-4-2-3-5-8(7)10/h2-5,9H,11H2,1H3. The quantitative estimate of drug-likeness (QED) is 0.837. The lowest BCUT2D eigenvalue weighted by molar-refractivity contribution is -0.118. The molecule has 1 atom stereocenters. The van der Waals surface area contributed by atoms with Gasteiger partial charge in [0.2, 0.25) is 0 Å². The fourth-order valence-corrected chi connectivity index (χ4v) is 1.67. The molecule has 2 N–H and O–H groups in total. The molecule has 0 aromatic heterocycles. The number of hydrogen-bond acceptors (Lipinski definition) is 2. The maximum Gasteiger partial charge on any atom is 0.151 e. The van der Waals surface area contributed by atoms with E-state index < -0.39 is 6.04 Å². The molecule has 0 aliphatic rings. The molecule has 0 spiro atoms. The van der Waals surface area contributed by atoms with Gasteiger partial charge in [0.1, 0.15) is 0 Å². The Morgan fingerprint density at radius 2 is 2.08 bits per heavy atom. The molecule has 0 aliphatic carbocycles. The second-order valence-electron chi connectivity index (χ2n) is 2.61. The lowest BCUT2D eigenvalue weighted by atomic mass is 10.1. The number of halogens is 1. The summed E-state index contributed by atoms with van der Waals surface area (Å²) in [5.41, 5.74) is 6.59. The number of Topliss-reactive ketones (excluding diaryl/α,β-unsaturated/α-hetero) is 1. The zero-order chi connectivity index (χ0) is 9.14. The highest BCUT2D eigenvalue weighted by Crippen LogP contribution is 2.18. The second kappa shape index (κ2) is 4.00. The molecule has 0 radical (unpaired) electrons. The number of hydrogen-bond donors (Lipinski definition) is 1. The Labute approximate surface area is 85.3 Å². The summed E-state index contributed by atoms with van der Waals surface area (Å²) < 4.78 is 1.04. The maximum atomic E-state index is 11.0. The summed E-state index contributed by atoms with van der Waals surface area (Å²) in [6, 6.07) is 7.17. The number of carbonyl (C=O) groups excluding carboxylic acids is 1. The van der Waals surface area contributed by atoms with Gasteiger partial charge in [0, 0.05) is 3.57 Å². The topological polar surface area (TPSA) is 43.1 Å². The number of carbonyl (C=O) groups is 1. The predicted octanol–water partition coefficient (Wildman–Crippen LogP) is 1.88. The van der Waals surface area contributed by atoms with Crippen molar-refractivity contribution in [2.45, 2.75) is 13.0 Å². The van der Waals surface area contributed by atoms with Crippen molar-refractivity contribution in [3.8, 4) is 0 Å². The average Bonchev–Trinajstić information content (AvgIpc) is 2.04. The summed E-state index contributed by atoms with van der Waals surface area (Å²) in [6.45, 7) is 1.51. The van der Waals surface area contributed by atoms with Gasteiger partial charge in [0.25, 0.3) is 0 Å². The molecule has 0 amide bonds. The van der Waals surface area contributed by atoms with Crippen LogP contribution in [0.5, 0.6) is 0 Å². The van der Waals surface area contributed by atoms with Crippen LogP contribution in [0.3, 0.4) is 0 Å². The van der Waals surface area contributed by atoms with Crippen molar-refractivity contribution in [2.24, 2.45) is 5.73 Å². The minimum atomic E-state index is -0.474. The van der Waals surface area contributed by atoms with Crippen LogP contribution in [-0.2, 0) is 4.79 Å². The summed E-state index contributed by atoms with van der Waals surface area (Å²) >= 11 is 2.18. The van der Waals surface area contributed by atoms with Crippen molar-refractivity contribution >= 4 is 28.4 Å². The number of ketones is 1. The van der Waals surface area contributed by atoms with Crippen LogP contribution in [0.2, 0.25) is 0 Å². The Balaban J connectivity index is 3.02. The normalized spacial score (nSPS) is 12.6. The van der Waals surface area contributed by atoms with E-state index in [1.54, 1.807) is 0 Å². The zero-order valence-electron chi connectivity index (χ0n) is 6.75. The van der Waals surface area contributed by atoms with Gasteiger partial charge in [-0.1, -0.05) is 18.2 Å². The van der Waals surface area contributed by atoms with E-state index in [-0.39, 0.29) is 5.78 Å². The van der Waals surface area contributed by atoms with Crippen molar-refractivity contribution in [2.75, 3.05) is 0 Å². The highest BCUT2D eigenvalue weighted by molar-refractivity contribution is 14.1. The molecule has 1 unspecified atom stereocenters. The highest BCUT2D eigenvalue weighted by atomic mass is 127. The highest BCUT2D eigenvalue weighted by Gasteiger charge is 2.12. The Bertz CT molecular complexity index is 298. The van der Waals surface area contributed by atoms with Crippen LogP contribution < -0.4 is 5.73 Å². The minimum absolute atomic E-state index is 0.000819. The summed E-state index contributed by atoms with van der Waals surface area (Å²) in [5, 5.41) is 0. The predicted molar refractivity (Wildman–Crippen MR) is 56.8 cm³/mol. The Morgan fingerprint density at radius 1 is 1.50 bits per heavy atom. The number of rotatable bonds is 2. The molecule has 0 saturated carbocycles. The number of nitrogens with two attached hydrogens (primary N) is 1. The largest absolute Gasteiger partial charge is 0.318 e. The first kappa shape index (κ1) is 9.67. The van der Waals surface area contributed by atoms with E-state index in [9.17, 15) is 4.79 Å². The first-order chi connectivity index (χ1) is 5.63. The molecule has 1 aromatic rings. The van der Waals surface area contributed by atoms with E-state index in [2.05, 4.69) is 22.6 Å². The van der Waals surface area contributed by atoms with E-state index in [1.165, 1.54) is 6.92 Å². The van der Waals surface area contributed by atoms with Crippen LogP contribution in [0, 0.1) is 3.57 Å². The summed E-state index contributed by atoms with van der Waals surface area (Å²) in [5.74, 6) is -0.000819. The SMILES string of the molecule is CC(=O)C(N)c1ccccc1I. The molecular formula is C9H10INO. The molecular weight excluding hydrogens is 265 g/mol. The van der Waals surface area contributed by atoms with Crippen molar-refractivity contribution in [3.05, 3.63) is 33.4 Å².